The Morgan fingerprint density at radius 1 is 1.13 bits per heavy atom. The molecule has 0 spiro atoms. The molecular formula is C25H40N4O2. The molecule has 2 N–H and O–H groups in total. The molecule has 1 saturated carbocycles. The molecule has 1 aromatic carbocycles. The second kappa shape index (κ2) is 12.1. The molecule has 0 bridgehead atoms. The minimum atomic E-state index is 0.238. The first-order valence-electron chi connectivity index (χ1n) is 12.1. The van der Waals surface area contributed by atoms with Crippen molar-refractivity contribution in [3.05, 3.63) is 35.4 Å². The Kier molecular flexibility index (Phi) is 9.19. The Labute approximate surface area is 187 Å². The molecule has 1 heterocycles. The number of nitrogens with zero attached hydrogens (tertiary/aromatic N) is 2. The summed E-state index contributed by atoms with van der Waals surface area (Å²) in [6, 6.07) is 8.72. The number of hydrogen-bond donors (Lipinski definition) is 2. The smallest absolute Gasteiger partial charge is 0.225 e. The lowest BCUT2D eigenvalue weighted by atomic mass is 9.88. The molecule has 3 rings (SSSR count). The molecule has 31 heavy (non-hydrogen) atoms. The number of nitrogens with one attached hydrogen (secondary N) is 2. The Morgan fingerprint density at radius 3 is 2.52 bits per heavy atom. The Balaban J connectivity index is 1.50. The van der Waals surface area contributed by atoms with Crippen LogP contribution in [0.4, 0.5) is 0 Å². The van der Waals surface area contributed by atoms with Gasteiger partial charge in [-0.25, -0.2) is 4.99 Å². The lowest BCUT2D eigenvalue weighted by Gasteiger charge is -2.26. The second-order valence-electron chi connectivity index (χ2n) is 9.12. The summed E-state index contributed by atoms with van der Waals surface area (Å²) in [5.41, 5.74) is 2.35. The number of aliphatic imine (C=N–C) groups is 1. The molecule has 1 atom stereocenters. The first kappa shape index (κ1) is 23.6. The molecule has 1 saturated heterocycles. The van der Waals surface area contributed by atoms with Crippen molar-refractivity contribution in [1.82, 2.24) is 15.5 Å². The van der Waals surface area contributed by atoms with Gasteiger partial charge in [0.05, 0.1) is 19.3 Å². The van der Waals surface area contributed by atoms with Crippen molar-refractivity contribution < 1.29 is 9.53 Å². The van der Waals surface area contributed by atoms with Gasteiger partial charge in [0.15, 0.2) is 5.96 Å². The zero-order valence-corrected chi connectivity index (χ0v) is 19.5. The minimum Gasteiger partial charge on any atom is -0.374 e. The summed E-state index contributed by atoms with van der Waals surface area (Å²) >= 11 is 0. The zero-order chi connectivity index (χ0) is 22.1. The van der Waals surface area contributed by atoms with Gasteiger partial charge >= 0.3 is 0 Å². The topological polar surface area (TPSA) is 66.0 Å². The maximum atomic E-state index is 12.8. The second-order valence-corrected chi connectivity index (χ2v) is 9.12. The summed E-state index contributed by atoms with van der Waals surface area (Å²) in [7, 11) is 0. The van der Waals surface area contributed by atoms with E-state index in [-0.39, 0.29) is 18.1 Å². The number of likely N-dealkylation sites (tertiary alicyclic amines) is 1. The highest BCUT2D eigenvalue weighted by molar-refractivity contribution is 5.81. The lowest BCUT2D eigenvalue weighted by Crippen LogP contribution is -2.45. The number of rotatable bonds is 8. The number of carbonyl (C=O) groups is 1. The van der Waals surface area contributed by atoms with E-state index >= 15 is 0 Å². The van der Waals surface area contributed by atoms with Crippen LogP contribution in [0.25, 0.3) is 0 Å². The molecule has 0 aromatic heterocycles. The van der Waals surface area contributed by atoms with Crippen LogP contribution in [0, 0.1) is 5.92 Å². The molecular weight excluding hydrogens is 388 g/mol. The van der Waals surface area contributed by atoms with Gasteiger partial charge in [0.1, 0.15) is 0 Å². The van der Waals surface area contributed by atoms with E-state index in [0.29, 0.717) is 19.1 Å². The average molecular weight is 429 g/mol. The van der Waals surface area contributed by atoms with Gasteiger partial charge in [0, 0.05) is 31.6 Å². The predicted molar refractivity (Wildman–Crippen MR) is 126 cm³/mol. The van der Waals surface area contributed by atoms with E-state index in [9.17, 15) is 4.79 Å². The summed E-state index contributed by atoms with van der Waals surface area (Å²) in [6.45, 7) is 9.89. The fourth-order valence-electron chi connectivity index (χ4n) is 4.37. The van der Waals surface area contributed by atoms with Crippen molar-refractivity contribution >= 4 is 11.9 Å². The first-order chi connectivity index (χ1) is 15.0. The van der Waals surface area contributed by atoms with E-state index in [1.807, 2.05) is 13.8 Å². The normalized spacial score (nSPS) is 20.3. The van der Waals surface area contributed by atoms with Crippen LogP contribution in [0.2, 0.25) is 0 Å². The number of amides is 1. The summed E-state index contributed by atoms with van der Waals surface area (Å²) < 4.78 is 5.66. The van der Waals surface area contributed by atoms with Crippen molar-refractivity contribution in [3.8, 4) is 0 Å². The number of ether oxygens (including phenoxy) is 1. The molecule has 1 unspecified atom stereocenters. The molecule has 172 valence electrons. The van der Waals surface area contributed by atoms with Gasteiger partial charge in [0.25, 0.3) is 0 Å². The van der Waals surface area contributed by atoms with Gasteiger partial charge < -0.3 is 20.3 Å². The van der Waals surface area contributed by atoms with Crippen LogP contribution in [-0.4, -0.2) is 48.5 Å². The molecule has 6 nitrogen and oxygen atoms in total. The van der Waals surface area contributed by atoms with Crippen molar-refractivity contribution in [2.45, 2.75) is 84.6 Å². The summed E-state index contributed by atoms with van der Waals surface area (Å²) in [4.78, 5) is 19.7. The monoisotopic (exact) mass is 428 g/mol. The highest BCUT2D eigenvalue weighted by atomic mass is 16.5. The third-order valence-electron chi connectivity index (χ3n) is 6.17. The third kappa shape index (κ3) is 7.53. The van der Waals surface area contributed by atoms with E-state index in [2.05, 4.69) is 46.7 Å². The molecule has 2 fully saturated rings. The summed E-state index contributed by atoms with van der Waals surface area (Å²) in [6.07, 6.45) is 7.05. The summed E-state index contributed by atoms with van der Waals surface area (Å²) in [5.74, 6) is 1.45. The molecule has 1 aromatic rings. The molecule has 6 heteroatoms. The van der Waals surface area contributed by atoms with Gasteiger partial charge in [-0.15, -0.1) is 0 Å². The van der Waals surface area contributed by atoms with Crippen molar-refractivity contribution in [3.63, 3.8) is 0 Å². The van der Waals surface area contributed by atoms with Gasteiger partial charge in [-0.1, -0.05) is 43.5 Å². The first-order valence-corrected chi connectivity index (χ1v) is 12.1. The number of guanidine groups is 1. The number of carbonyl (C=O) groups excluding carboxylic acids is 1. The van der Waals surface area contributed by atoms with Crippen molar-refractivity contribution in [2.75, 3.05) is 19.6 Å². The van der Waals surface area contributed by atoms with Crippen LogP contribution >= 0.6 is 0 Å². The Hall–Kier alpha value is -2.08. The Bertz CT molecular complexity index is 711. The molecule has 1 aliphatic carbocycles. The standard InChI is InChI=1S/C25H40N4O2/c1-4-26-25(27-16-20-10-12-21(13-11-20)18-31-19(2)3)28-23-14-15-29(17-23)24(30)22-8-6-5-7-9-22/h10-13,19,22-23H,4-9,14-18H2,1-3H3,(H2,26,27,28). The van der Waals surface area contributed by atoms with Crippen LogP contribution < -0.4 is 10.6 Å². The van der Waals surface area contributed by atoms with Crippen LogP contribution in [-0.2, 0) is 22.7 Å². The minimum absolute atomic E-state index is 0.238. The maximum Gasteiger partial charge on any atom is 0.225 e. The van der Waals surface area contributed by atoms with Crippen LogP contribution in [0.5, 0.6) is 0 Å². The summed E-state index contributed by atoms with van der Waals surface area (Å²) in [5, 5.41) is 6.89. The maximum absolute atomic E-state index is 12.8. The van der Waals surface area contributed by atoms with E-state index in [1.165, 1.54) is 30.4 Å². The Morgan fingerprint density at radius 2 is 1.84 bits per heavy atom. The SMILES string of the molecule is CCNC(=NCc1ccc(COC(C)C)cc1)NC1CCN(C(=O)C2CCCCC2)C1. The van der Waals surface area contributed by atoms with Crippen LogP contribution in [0.1, 0.15) is 70.4 Å². The van der Waals surface area contributed by atoms with Gasteiger partial charge in [-0.2, -0.15) is 0 Å². The van der Waals surface area contributed by atoms with E-state index < -0.39 is 0 Å². The highest BCUT2D eigenvalue weighted by Crippen LogP contribution is 2.26. The average Bonchev–Trinajstić information content (AvgIpc) is 3.25. The number of hydrogen-bond acceptors (Lipinski definition) is 3. The van der Waals surface area contributed by atoms with E-state index in [1.54, 1.807) is 0 Å². The molecule has 1 amide bonds. The van der Waals surface area contributed by atoms with E-state index in [0.717, 1.165) is 44.9 Å². The predicted octanol–water partition coefficient (Wildman–Crippen LogP) is 3.85. The molecule has 1 aliphatic heterocycles. The quantitative estimate of drug-likeness (QED) is 0.488. The van der Waals surface area contributed by atoms with Crippen molar-refractivity contribution in [1.29, 1.82) is 0 Å². The van der Waals surface area contributed by atoms with Crippen molar-refractivity contribution in [2.24, 2.45) is 10.9 Å². The van der Waals surface area contributed by atoms with Gasteiger partial charge in [-0.05, 0) is 51.2 Å². The zero-order valence-electron chi connectivity index (χ0n) is 19.5. The van der Waals surface area contributed by atoms with E-state index in [4.69, 9.17) is 9.73 Å². The molecule has 2 aliphatic rings. The fourth-order valence-corrected chi connectivity index (χ4v) is 4.37. The van der Waals surface area contributed by atoms with Gasteiger partial charge in [0.2, 0.25) is 5.91 Å². The number of benzene rings is 1. The largest absolute Gasteiger partial charge is 0.374 e. The fraction of sp³-hybridized carbons (Fsp3) is 0.680. The van der Waals surface area contributed by atoms with Crippen LogP contribution in [0.3, 0.4) is 0 Å². The highest BCUT2D eigenvalue weighted by Gasteiger charge is 2.31. The van der Waals surface area contributed by atoms with Crippen LogP contribution in [0.15, 0.2) is 29.3 Å². The lowest BCUT2D eigenvalue weighted by molar-refractivity contribution is -0.135. The molecule has 0 radical (unpaired) electrons. The van der Waals surface area contributed by atoms with Gasteiger partial charge in [-0.3, -0.25) is 4.79 Å². The third-order valence-corrected chi connectivity index (χ3v) is 6.17.